The van der Waals surface area contributed by atoms with E-state index in [2.05, 4.69) is 10.6 Å². The zero-order valence-electron chi connectivity index (χ0n) is 12.3. The molecule has 0 aliphatic rings. The van der Waals surface area contributed by atoms with Crippen molar-refractivity contribution in [2.75, 3.05) is 11.1 Å². The molecule has 20 heavy (non-hydrogen) atoms. The second-order valence-electron chi connectivity index (χ2n) is 5.74. The number of benzene rings is 1. The van der Waals surface area contributed by atoms with Gasteiger partial charge in [-0.25, -0.2) is 0 Å². The van der Waals surface area contributed by atoms with Crippen LogP contribution in [0.2, 0.25) is 0 Å². The number of nitrogens with one attached hydrogen (secondary N) is 2. The molecule has 0 aliphatic heterocycles. The van der Waals surface area contributed by atoms with E-state index in [9.17, 15) is 9.59 Å². The first-order chi connectivity index (χ1) is 9.11. The summed E-state index contributed by atoms with van der Waals surface area (Å²) < 4.78 is 0. The maximum atomic E-state index is 12.0. The van der Waals surface area contributed by atoms with Crippen molar-refractivity contribution >= 4 is 23.2 Å². The quantitative estimate of drug-likeness (QED) is 0.618. The van der Waals surface area contributed by atoms with Crippen LogP contribution >= 0.6 is 0 Å². The summed E-state index contributed by atoms with van der Waals surface area (Å²) >= 11 is 0. The minimum Gasteiger partial charge on any atom is -0.397 e. The largest absolute Gasteiger partial charge is 0.397 e. The summed E-state index contributed by atoms with van der Waals surface area (Å²) in [7, 11) is 0. The first kappa shape index (κ1) is 15.8. The molecule has 0 aliphatic carbocycles. The van der Waals surface area contributed by atoms with Crippen LogP contribution in [0.25, 0.3) is 0 Å². The molecule has 1 atom stereocenters. The third-order valence-corrected chi connectivity index (χ3v) is 2.61. The van der Waals surface area contributed by atoms with E-state index in [4.69, 9.17) is 11.5 Å². The highest BCUT2D eigenvalue weighted by molar-refractivity contribution is 6.02. The third-order valence-electron chi connectivity index (χ3n) is 2.61. The number of amides is 2. The summed E-state index contributed by atoms with van der Waals surface area (Å²) in [5, 5.41) is 5.79. The molecule has 6 heteroatoms. The standard InChI is InChI=1S/C14H22N4O2/c1-8(13(20)18-14(2,3)4)17-11-9(12(16)19)6-5-7-10(11)15/h5-8,17H,15H2,1-4H3,(H2,16,19)(H,18,20). The van der Waals surface area contributed by atoms with E-state index in [1.54, 1.807) is 25.1 Å². The Kier molecular flexibility index (Phi) is 4.60. The molecular weight excluding hydrogens is 256 g/mol. The Hall–Kier alpha value is -2.24. The van der Waals surface area contributed by atoms with Crippen LogP contribution in [-0.4, -0.2) is 23.4 Å². The average molecular weight is 278 g/mol. The van der Waals surface area contributed by atoms with E-state index in [0.717, 1.165) is 0 Å². The molecule has 0 saturated carbocycles. The lowest BCUT2D eigenvalue weighted by molar-refractivity contribution is -0.122. The molecule has 2 amide bonds. The van der Waals surface area contributed by atoms with Crippen molar-refractivity contribution < 1.29 is 9.59 Å². The number of hydrogen-bond acceptors (Lipinski definition) is 4. The summed E-state index contributed by atoms with van der Waals surface area (Å²) in [6, 6.07) is 4.30. The van der Waals surface area contributed by atoms with E-state index in [0.29, 0.717) is 11.4 Å². The average Bonchev–Trinajstić information content (AvgIpc) is 2.28. The fraction of sp³-hybridized carbons (Fsp3) is 0.429. The van der Waals surface area contributed by atoms with Gasteiger partial charge < -0.3 is 22.1 Å². The number of anilines is 2. The SMILES string of the molecule is CC(Nc1c(N)cccc1C(N)=O)C(=O)NC(C)(C)C. The fourth-order valence-electron chi connectivity index (χ4n) is 1.70. The Balaban J connectivity index is 2.93. The topological polar surface area (TPSA) is 110 Å². The van der Waals surface area contributed by atoms with Gasteiger partial charge in [0.2, 0.25) is 5.91 Å². The second-order valence-corrected chi connectivity index (χ2v) is 5.74. The van der Waals surface area contributed by atoms with Crippen LogP contribution in [0.3, 0.4) is 0 Å². The van der Waals surface area contributed by atoms with Crippen LogP contribution in [0.15, 0.2) is 18.2 Å². The molecule has 1 unspecified atom stereocenters. The zero-order valence-corrected chi connectivity index (χ0v) is 12.3. The van der Waals surface area contributed by atoms with Crippen molar-refractivity contribution in [3.8, 4) is 0 Å². The van der Waals surface area contributed by atoms with Gasteiger partial charge in [0.05, 0.1) is 16.9 Å². The van der Waals surface area contributed by atoms with E-state index >= 15 is 0 Å². The summed E-state index contributed by atoms with van der Waals surface area (Å²) in [4.78, 5) is 23.4. The summed E-state index contributed by atoms with van der Waals surface area (Å²) in [6.07, 6.45) is 0. The van der Waals surface area contributed by atoms with Crippen molar-refractivity contribution in [2.24, 2.45) is 5.73 Å². The van der Waals surface area contributed by atoms with Gasteiger partial charge in [0.15, 0.2) is 0 Å². The Morgan fingerprint density at radius 1 is 1.25 bits per heavy atom. The molecular formula is C14H22N4O2. The van der Waals surface area contributed by atoms with Crippen molar-refractivity contribution in [2.45, 2.75) is 39.3 Å². The van der Waals surface area contributed by atoms with Crippen LogP contribution in [0.4, 0.5) is 11.4 Å². The van der Waals surface area contributed by atoms with Crippen LogP contribution in [0, 0.1) is 0 Å². The molecule has 1 aromatic rings. The van der Waals surface area contributed by atoms with Crippen LogP contribution in [-0.2, 0) is 4.79 Å². The number of para-hydroxylation sites is 1. The monoisotopic (exact) mass is 278 g/mol. The van der Waals surface area contributed by atoms with Gasteiger partial charge in [-0.05, 0) is 39.8 Å². The van der Waals surface area contributed by atoms with Crippen molar-refractivity contribution in [1.82, 2.24) is 5.32 Å². The Bertz CT molecular complexity index is 520. The number of primary amides is 1. The van der Waals surface area contributed by atoms with E-state index in [1.165, 1.54) is 0 Å². The zero-order chi connectivity index (χ0) is 15.5. The van der Waals surface area contributed by atoms with Crippen molar-refractivity contribution in [3.63, 3.8) is 0 Å². The smallest absolute Gasteiger partial charge is 0.250 e. The minimum atomic E-state index is -0.594. The molecule has 0 aromatic heterocycles. The number of rotatable bonds is 4. The normalized spacial score (nSPS) is 12.6. The van der Waals surface area contributed by atoms with Gasteiger partial charge >= 0.3 is 0 Å². The molecule has 0 fully saturated rings. The highest BCUT2D eigenvalue weighted by Crippen LogP contribution is 2.24. The highest BCUT2D eigenvalue weighted by atomic mass is 16.2. The predicted molar refractivity (Wildman–Crippen MR) is 80.4 cm³/mol. The fourth-order valence-corrected chi connectivity index (χ4v) is 1.70. The van der Waals surface area contributed by atoms with Gasteiger partial charge in [-0.2, -0.15) is 0 Å². The molecule has 6 nitrogen and oxygen atoms in total. The van der Waals surface area contributed by atoms with Crippen molar-refractivity contribution in [3.05, 3.63) is 23.8 Å². The molecule has 1 rings (SSSR count). The van der Waals surface area contributed by atoms with Crippen LogP contribution in [0.1, 0.15) is 38.1 Å². The lowest BCUT2D eigenvalue weighted by atomic mass is 10.1. The molecule has 0 saturated heterocycles. The number of carbonyl (C=O) groups is 2. The summed E-state index contributed by atoms with van der Waals surface area (Å²) in [6.45, 7) is 7.37. The lowest BCUT2D eigenvalue weighted by Gasteiger charge is -2.25. The first-order valence-corrected chi connectivity index (χ1v) is 6.38. The second kappa shape index (κ2) is 5.81. The Morgan fingerprint density at radius 3 is 2.35 bits per heavy atom. The maximum Gasteiger partial charge on any atom is 0.250 e. The van der Waals surface area contributed by atoms with E-state index in [-0.39, 0.29) is 17.0 Å². The Morgan fingerprint density at radius 2 is 1.85 bits per heavy atom. The molecule has 0 heterocycles. The van der Waals surface area contributed by atoms with E-state index in [1.807, 2.05) is 20.8 Å². The van der Waals surface area contributed by atoms with Gasteiger partial charge in [0, 0.05) is 5.54 Å². The minimum absolute atomic E-state index is 0.184. The van der Waals surface area contributed by atoms with Crippen LogP contribution in [0.5, 0.6) is 0 Å². The number of carbonyl (C=O) groups excluding carboxylic acids is 2. The van der Waals surface area contributed by atoms with Gasteiger partial charge in [0.25, 0.3) is 5.91 Å². The Labute approximate surface area is 118 Å². The predicted octanol–water partition coefficient (Wildman–Crippen LogP) is 1.08. The molecule has 0 radical (unpaired) electrons. The maximum absolute atomic E-state index is 12.0. The third kappa shape index (κ3) is 4.15. The van der Waals surface area contributed by atoms with Gasteiger partial charge in [-0.15, -0.1) is 0 Å². The number of nitrogen functional groups attached to an aromatic ring is 1. The lowest BCUT2D eigenvalue weighted by Crippen LogP contribution is -2.47. The van der Waals surface area contributed by atoms with Crippen molar-refractivity contribution in [1.29, 1.82) is 0 Å². The van der Waals surface area contributed by atoms with Gasteiger partial charge in [0.1, 0.15) is 6.04 Å². The van der Waals surface area contributed by atoms with Gasteiger partial charge in [-0.1, -0.05) is 6.07 Å². The molecule has 6 N–H and O–H groups in total. The molecule has 110 valence electrons. The summed E-state index contributed by atoms with van der Waals surface area (Å²) in [5.74, 6) is -0.778. The van der Waals surface area contributed by atoms with Gasteiger partial charge in [-0.3, -0.25) is 9.59 Å². The number of nitrogens with two attached hydrogens (primary N) is 2. The van der Waals surface area contributed by atoms with E-state index < -0.39 is 11.9 Å². The molecule has 0 bridgehead atoms. The highest BCUT2D eigenvalue weighted by Gasteiger charge is 2.21. The number of hydrogen-bond donors (Lipinski definition) is 4. The molecule has 1 aromatic carbocycles. The summed E-state index contributed by atoms with van der Waals surface area (Å²) in [5.41, 5.74) is 11.8. The molecule has 0 spiro atoms. The first-order valence-electron chi connectivity index (χ1n) is 6.38. The van der Waals surface area contributed by atoms with Crippen LogP contribution < -0.4 is 22.1 Å².